The topological polar surface area (TPSA) is 104 Å². The lowest BCUT2D eigenvalue weighted by molar-refractivity contribution is 0.0949. The van der Waals surface area contributed by atoms with Crippen LogP contribution in [0.25, 0.3) is 0 Å². The first-order chi connectivity index (χ1) is 14.6. The molecule has 0 N–H and O–H groups in total. The van der Waals surface area contributed by atoms with Crippen LogP contribution in [0.15, 0.2) is 0 Å². The summed E-state index contributed by atoms with van der Waals surface area (Å²) < 4.78 is 32.0. The molecule has 12 heteroatoms. The number of anilines is 3. The van der Waals surface area contributed by atoms with Gasteiger partial charge in [0.1, 0.15) is 33.7 Å². The van der Waals surface area contributed by atoms with Gasteiger partial charge in [0.15, 0.2) is 0 Å². The molecular weight excluding hydrogens is 396 g/mol. The van der Waals surface area contributed by atoms with E-state index >= 15 is 0 Å². The first kappa shape index (κ1) is 26.2. The Kier molecular flexibility index (Phi) is 13.1. The monoisotopic (exact) mass is 432 g/mol. The third-order valence-electron chi connectivity index (χ3n) is 4.09. The molecule has 0 fully saturated rings. The molecule has 0 saturated heterocycles. The molecule has 0 radical (unpaired) electrons. The fourth-order valence-electron chi connectivity index (χ4n) is 2.66. The molecule has 1 unspecified atom stereocenters. The minimum Gasteiger partial charge on any atom is -0.380 e. The minimum absolute atomic E-state index is 0.00748. The predicted molar refractivity (Wildman–Crippen MR) is 113 cm³/mol. The quantitative estimate of drug-likeness (QED) is 0.324. The zero-order chi connectivity index (χ0) is 22.4. The van der Waals surface area contributed by atoms with Crippen LogP contribution >= 0.6 is 0 Å². The average molecular weight is 433 g/mol. The summed E-state index contributed by atoms with van der Waals surface area (Å²) >= 11 is 0. The Morgan fingerprint density at radius 1 is 0.600 bits per heavy atom. The summed E-state index contributed by atoms with van der Waals surface area (Å²) in [5.74, 6) is 1.21. The summed E-state index contributed by atoms with van der Waals surface area (Å²) in [5.41, 5.74) is 0. The molecule has 0 aromatic carbocycles. The van der Waals surface area contributed by atoms with E-state index in [9.17, 15) is 0 Å². The molecule has 1 aromatic rings. The van der Waals surface area contributed by atoms with Gasteiger partial charge in [-0.3, -0.25) is 9.80 Å². The fraction of sp³-hybridized carbons (Fsp3) is 0.833. The van der Waals surface area contributed by atoms with Crippen molar-refractivity contribution in [2.24, 2.45) is 0 Å². The van der Waals surface area contributed by atoms with E-state index in [1.54, 1.807) is 52.5 Å². The van der Waals surface area contributed by atoms with E-state index in [-0.39, 0.29) is 39.8 Å². The molecule has 0 aliphatic rings. The van der Waals surface area contributed by atoms with Crippen molar-refractivity contribution in [2.45, 2.75) is 19.4 Å². The summed E-state index contributed by atoms with van der Waals surface area (Å²) in [4.78, 5) is 19.2. The van der Waals surface area contributed by atoms with Gasteiger partial charge in [-0.15, -0.1) is 0 Å². The Labute approximate surface area is 179 Å². The van der Waals surface area contributed by atoms with E-state index in [1.165, 1.54) is 0 Å². The molecule has 1 heterocycles. The van der Waals surface area contributed by atoms with Crippen molar-refractivity contribution in [1.82, 2.24) is 15.0 Å². The van der Waals surface area contributed by atoms with Crippen molar-refractivity contribution in [1.29, 1.82) is 0 Å². The van der Waals surface area contributed by atoms with E-state index in [0.29, 0.717) is 24.4 Å². The molecule has 0 bridgehead atoms. The summed E-state index contributed by atoms with van der Waals surface area (Å²) in [7, 11) is 9.67. The Hall–Kier alpha value is -1.83. The SMILES string of the molecule is CCC(CN(COC)c1nc(N(COC)COC)nc(N(COC)COC)n1)OC. The Balaban J connectivity index is 3.44. The molecule has 1 rings (SSSR count). The van der Waals surface area contributed by atoms with Gasteiger partial charge in [0.25, 0.3) is 0 Å². The highest BCUT2D eigenvalue weighted by atomic mass is 16.5. The molecule has 0 aliphatic carbocycles. The third kappa shape index (κ3) is 8.13. The van der Waals surface area contributed by atoms with E-state index in [4.69, 9.17) is 28.4 Å². The van der Waals surface area contributed by atoms with Crippen LogP contribution in [0.4, 0.5) is 17.8 Å². The number of ether oxygens (including phenoxy) is 6. The third-order valence-corrected chi connectivity index (χ3v) is 4.09. The maximum absolute atomic E-state index is 5.54. The molecule has 1 atom stereocenters. The van der Waals surface area contributed by atoms with Gasteiger partial charge in [-0.1, -0.05) is 6.92 Å². The van der Waals surface area contributed by atoms with E-state index in [1.807, 2.05) is 4.90 Å². The van der Waals surface area contributed by atoms with Crippen molar-refractivity contribution in [2.75, 3.05) is 97.6 Å². The highest BCUT2D eigenvalue weighted by Crippen LogP contribution is 2.20. The van der Waals surface area contributed by atoms with E-state index in [2.05, 4.69) is 21.9 Å². The van der Waals surface area contributed by atoms with Crippen molar-refractivity contribution < 1.29 is 28.4 Å². The predicted octanol–water partition coefficient (Wildman–Crippen LogP) is 0.735. The molecule has 30 heavy (non-hydrogen) atoms. The smallest absolute Gasteiger partial charge is 0.235 e. The van der Waals surface area contributed by atoms with Crippen LogP contribution in [-0.4, -0.2) is 104 Å². The molecular formula is C18H36N6O6. The highest BCUT2D eigenvalue weighted by molar-refractivity contribution is 5.46. The average Bonchev–Trinajstić information content (AvgIpc) is 2.76. The Morgan fingerprint density at radius 2 is 0.933 bits per heavy atom. The molecule has 174 valence electrons. The number of hydrogen-bond donors (Lipinski definition) is 0. The highest BCUT2D eigenvalue weighted by Gasteiger charge is 2.22. The number of rotatable bonds is 17. The molecule has 0 spiro atoms. The van der Waals surface area contributed by atoms with Gasteiger partial charge in [0.05, 0.1) is 6.10 Å². The number of nitrogens with zero attached hydrogens (tertiary/aromatic N) is 6. The lowest BCUT2D eigenvalue weighted by Gasteiger charge is -2.29. The van der Waals surface area contributed by atoms with Gasteiger partial charge in [-0.05, 0) is 6.42 Å². The molecule has 0 amide bonds. The molecule has 12 nitrogen and oxygen atoms in total. The summed E-state index contributed by atoms with van der Waals surface area (Å²) in [6, 6.07) is 0. The Morgan fingerprint density at radius 3 is 1.23 bits per heavy atom. The van der Waals surface area contributed by atoms with Gasteiger partial charge in [-0.25, -0.2) is 0 Å². The molecule has 0 aliphatic heterocycles. The summed E-state index contributed by atoms with van der Waals surface area (Å²) in [5, 5.41) is 0. The van der Waals surface area contributed by atoms with Crippen LogP contribution in [0.2, 0.25) is 0 Å². The Bertz CT molecular complexity index is 534. The number of methoxy groups -OCH3 is 6. The van der Waals surface area contributed by atoms with E-state index in [0.717, 1.165) is 6.42 Å². The number of hydrogen-bond acceptors (Lipinski definition) is 12. The lowest BCUT2D eigenvalue weighted by atomic mass is 10.2. The molecule has 0 saturated carbocycles. The van der Waals surface area contributed by atoms with Crippen LogP contribution < -0.4 is 14.7 Å². The number of aromatic nitrogens is 3. The van der Waals surface area contributed by atoms with Crippen molar-refractivity contribution >= 4 is 17.8 Å². The van der Waals surface area contributed by atoms with Crippen LogP contribution in [0.3, 0.4) is 0 Å². The maximum Gasteiger partial charge on any atom is 0.235 e. The normalized spacial score (nSPS) is 12.1. The first-order valence-electron chi connectivity index (χ1n) is 9.56. The zero-order valence-electron chi connectivity index (χ0n) is 19.2. The summed E-state index contributed by atoms with van der Waals surface area (Å²) in [6.07, 6.45) is 0.826. The minimum atomic E-state index is -0.00748. The fourth-order valence-corrected chi connectivity index (χ4v) is 2.66. The standard InChI is InChI=1S/C18H36N6O6/c1-8-15(30-7)9-22(10-25-2)16-19-17(23(11-26-3)12-27-4)21-18(20-16)24(13-28-5)14-29-6/h15H,8-14H2,1-7H3. The van der Waals surface area contributed by atoms with Gasteiger partial charge >= 0.3 is 0 Å². The second-order valence-corrected chi connectivity index (χ2v) is 6.39. The summed E-state index contributed by atoms with van der Waals surface area (Å²) in [6.45, 7) is 3.85. The van der Waals surface area contributed by atoms with Crippen LogP contribution in [0.5, 0.6) is 0 Å². The molecule has 1 aromatic heterocycles. The first-order valence-corrected chi connectivity index (χ1v) is 9.56. The van der Waals surface area contributed by atoms with Crippen LogP contribution in [0.1, 0.15) is 13.3 Å². The largest absolute Gasteiger partial charge is 0.380 e. The van der Waals surface area contributed by atoms with Crippen LogP contribution in [0, 0.1) is 0 Å². The maximum atomic E-state index is 5.54. The van der Waals surface area contributed by atoms with Gasteiger partial charge in [0.2, 0.25) is 17.8 Å². The van der Waals surface area contributed by atoms with Crippen molar-refractivity contribution in [3.05, 3.63) is 0 Å². The van der Waals surface area contributed by atoms with Gasteiger partial charge < -0.3 is 33.3 Å². The van der Waals surface area contributed by atoms with Crippen molar-refractivity contribution in [3.8, 4) is 0 Å². The lowest BCUT2D eigenvalue weighted by Crippen LogP contribution is -2.38. The van der Waals surface area contributed by atoms with Gasteiger partial charge in [0, 0.05) is 49.2 Å². The second kappa shape index (κ2) is 15.0. The van der Waals surface area contributed by atoms with E-state index < -0.39 is 0 Å². The zero-order valence-corrected chi connectivity index (χ0v) is 19.2. The van der Waals surface area contributed by atoms with Crippen LogP contribution in [-0.2, 0) is 28.4 Å². The van der Waals surface area contributed by atoms with Gasteiger partial charge in [-0.2, -0.15) is 15.0 Å². The van der Waals surface area contributed by atoms with Crippen molar-refractivity contribution in [3.63, 3.8) is 0 Å². The second-order valence-electron chi connectivity index (χ2n) is 6.39.